The zero-order chi connectivity index (χ0) is 24.5. The van der Waals surface area contributed by atoms with Crippen molar-refractivity contribution in [3.05, 3.63) is 72.1 Å². The molecule has 2 aromatic carbocycles. The standard InChI is InChI=1S/C20H20FN5O6P2/c21-19-24-17(23-14-6-4-13(5-7-14)20(28,33-29)34(30,31)32)16-18(25-19)26(11-22-16)9-8-12-2-1-3-15(27)10-12/h1-7,10-11,27-28H,8-9,33H2,(H,23,24,25)(H2,30,31,32). The van der Waals surface area contributed by atoms with Crippen molar-refractivity contribution < 1.29 is 33.5 Å². The minimum absolute atomic E-state index is 0.0612. The van der Waals surface area contributed by atoms with Crippen molar-refractivity contribution in [2.75, 3.05) is 5.32 Å². The number of phenols is 1. The third kappa shape index (κ3) is 4.72. The van der Waals surface area contributed by atoms with Crippen molar-refractivity contribution in [1.29, 1.82) is 0 Å². The van der Waals surface area contributed by atoms with Gasteiger partial charge >= 0.3 is 13.7 Å². The van der Waals surface area contributed by atoms with Crippen LogP contribution in [0.15, 0.2) is 54.9 Å². The molecule has 4 rings (SSSR count). The molecule has 0 saturated heterocycles. The number of hydrogen-bond acceptors (Lipinski definition) is 8. The van der Waals surface area contributed by atoms with Gasteiger partial charge in [0.05, 0.1) is 6.33 Å². The van der Waals surface area contributed by atoms with Gasteiger partial charge in [0.1, 0.15) is 14.2 Å². The Kier molecular flexibility index (Phi) is 6.53. The molecule has 0 fully saturated rings. The maximum Gasteiger partial charge on any atom is 0.368 e. The highest BCUT2D eigenvalue weighted by Crippen LogP contribution is 2.61. The van der Waals surface area contributed by atoms with Gasteiger partial charge in [-0.05, 0) is 36.2 Å². The van der Waals surface area contributed by atoms with Crippen LogP contribution in [0.3, 0.4) is 0 Å². The summed E-state index contributed by atoms with van der Waals surface area (Å²) in [5.74, 6) is 0.209. The van der Waals surface area contributed by atoms with Gasteiger partial charge in [-0.3, -0.25) is 4.57 Å². The Morgan fingerprint density at radius 1 is 1.15 bits per heavy atom. The van der Waals surface area contributed by atoms with E-state index in [2.05, 4.69) is 20.3 Å². The number of aryl methyl sites for hydroxylation is 2. The number of rotatable bonds is 8. The molecular formula is C20H20FN5O6P2. The monoisotopic (exact) mass is 507 g/mol. The van der Waals surface area contributed by atoms with E-state index in [-0.39, 0.29) is 28.3 Å². The molecule has 2 unspecified atom stereocenters. The van der Waals surface area contributed by atoms with Crippen molar-refractivity contribution in [3.63, 3.8) is 0 Å². The number of aromatic hydroxyl groups is 1. The van der Waals surface area contributed by atoms with Crippen LogP contribution in [-0.2, 0) is 27.2 Å². The Labute approximate surface area is 193 Å². The number of aromatic nitrogens is 4. The first-order valence-electron chi connectivity index (χ1n) is 9.89. The van der Waals surface area contributed by atoms with Gasteiger partial charge in [-0.25, -0.2) is 4.98 Å². The molecule has 5 N–H and O–H groups in total. The number of benzene rings is 2. The molecule has 11 nitrogen and oxygen atoms in total. The number of imidazole rings is 1. The van der Waals surface area contributed by atoms with Crippen molar-refractivity contribution >= 4 is 38.7 Å². The van der Waals surface area contributed by atoms with Crippen molar-refractivity contribution in [2.24, 2.45) is 0 Å². The van der Waals surface area contributed by atoms with E-state index < -0.39 is 27.2 Å². The van der Waals surface area contributed by atoms with E-state index in [1.54, 1.807) is 22.8 Å². The zero-order valence-electron chi connectivity index (χ0n) is 17.4. The largest absolute Gasteiger partial charge is 0.508 e. The van der Waals surface area contributed by atoms with Crippen molar-refractivity contribution in [2.45, 2.75) is 18.0 Å². The SMILES string of the molecule is O=[PH2]C(O)(c1ccc(Nc2nc(F)nc3c2ncn3CCc2cccc(O)c2)cc1)P(=O)(O)O. The van der Waals surface area contributed by atoms with E-state index in [1.807, 2.05) is 6.07 Å². The molecule has 0 radical (unpaired) electrons. The summed E-state index contributed by atoms with van der Waals surface area (Å²) in [6.07, 6.45) is 1.05. The van der Waals surface area contributed by atoms with Crippen LogP contribution < -0.4 is 5.32 Å². The Balaban J connectivity index is 1.59. The van der Waals surface area contributed by atoms with Crippen LogP contribution in [0.5, 0.6) is 5.75 Å². The normalized spacial score (nSPS) is 14.0. The average Bonchev–Trinajstić information content (AvgIpc) is 3.20. The highest BCUT2D eigenvalue weighted by atomic mass is 31.2. The molecule has 0 aliphatic heterocycles. The van der Waals surface area contributed by atoms with Crippen LogP contribution in [-0.4, -0.2) is 39.5 Å². The number of hydrogen-bond donors (Lipinski definition) is 5. The zero-order valence-corrected chi connectivity index (χ0v) is 19.5. The number of anilines is 2. The van der Waals surface area contributed by atoms with Crippen LogP contribution >= 0.6 is 16.1 Å². The summed E-state index contributed by atoms with van der Waals surface area (Å²) in [4.78, 5) is 30.6. The van der Waals surface area contributed by atoms with Gasteiger partial charge in [-0.15, -0.1) is 0 Å². The van der Waals surface area contributed by atoms with Crippen LogP contribution in [0.2, 0.25) is 0 Å². The van der Waals surface area contributed by atoms with Crippen LogP contribution in [0.4, 0.5) is 15.9 Å². The molecular weight excluding hydrogens is 487 g/mol. The molecule has 178 valence electrons. The van der Waals surface area contributed by atoms with E-state index >= 15 is 0 Å². The minimum Gasteiger partial charge on any atom is -0.508 e. The third-order valence-corrected chi connectivity index (χ3v) is 8.30. The molecule has 2 atom stereocenters. The number of nitrogens with one attached hydrogen (secondary N) is 1. The second-order valence-corrected chi connectivity index (χ2v) is 10.8. The van der Waals surface area contributed by atoms with E-state index in [4.69, 9.17) is 0 Å². The highest BCUT2D eigenvalue weighted by molar-refractivity contribution is 7.62. The minimum atomic E-state index is -5.10. The summed E-state index contributed by atoms with van der Waals surface area (Å²) in [6.45, 7) is 0.420. The van der Waals surface area contributed by atoms with Gasteiger partial charge in [0.2, 0.25) is 5.08 Å². The lowest BCUT2D eigenvalue weighted by atomic mass is 10.1. The van der Waals surface area contributed by atoms with Crippen LogP contribution in [0.25, 0.3) is 11.2 Å². The molecule has 4 aromatic rings. The fraction of sp³-hybridized carbons (Fsp3) is 0.150. The second-order valence-electron chi connectivity index (χ2n) is 7.46. The van der Waals surface area contributed by atoms with Gasteiger partial charge < -0.3 is 34.4 Å². The smallest absolute Gasteiger partial charge is 0.368 e. The fourth-order valence-electron chi connectivity index (χ4n) is 3.37. The van der Waals surface area contributed by atoms with Gasteiger partial charge in [-0.1, -0.05) is 24.3 Å². The number of phenolic OH excluding ortho intramolecular Hbond substituents is 1. The van der Waals surface area contributed by atoms with Gasteiger partial charge in [0.25, 0.3) is 0 Å². The quantitative estimate of drug-likeness (QED) is 0.176. The van der Waals surface area contributed by atoms with Gasteiger partial charge in [0, 0.05) is 17.8 Å². The number of halogens is 1. The Bertz CT molecular complexity index is 1410. The summed E-state index contributed by atoms with van der Waals surface area (Å²) in [5, 5.41) is 19.9. The first kappa shape index (κ1) is 24.0. The van der Waals surface area contributed by atoms with Gasteiger partial charge in [-0.2, -0.15) is 14.4 Å². The molecule has 2 heterocycles. The predicted octanol–water partition coefficient (Wildman–Crippen LogP) is 2.69. The van der Waals surface area contributed by atoms with E-state index in [0.29, 0.717) is 18.7 Å². The lowest BCUT2D eigenvalue weighted by molar-refractivity contribution is 0.168. The molecule has 14 heteroatoms. The molecule has 34 heavy (non-hydrogen) atoms. The summed E-state index contributed by atoms with van der Waals surface area (Å²) < 4.78 is 38.8. The first-order chi connectivity index (χ1) is 16.1. The first-order valence-corrected chi connectivity index (χ1v) is 12.5. The highest BCUT2D eigenvalue weighted by Gasteiger charge is 2.46. The lowest BCUT2D eigenvalue weighted by Gasteiger charge is -2.23. The van der Waals surface area contributed by atoms with Crippen molar-refractivity contribution in [3.8, 4) is 5.75 Å². The lowest BCUT2D eigenvalue weighted by Crippen LogP contribution is -2.18. The van der Waals surface area contributed by atoms with E-state index in [1.165, 1.54) is 30.6 Å². The average molecular weight is 507 g/mol. The second kappa shape index (κ2) is 9.25. The van der Waals surface area contributed by atoms with E-state index in [0.717, 1.165) is 5.56 Å². The number of aliphatic hydroxyl groups is 1. The van der Waals surface area contributed by atoms with Crippen molar-refractivity contribution in [1.82, 2.24) is 19.5 Å². The third-order valence-electron chi connectivity index (χ3n) is 5.17. The summed E-state index contributed by atoms with van der Waals surface area (Å²) in [6, 6.07) is 11.9. The Hall–Kier alpha value is -3.14. The van der Waals surface area contributed by atoms with Crippen LogP contribution in [0, 0.1) is 6.08 Å². The predicted molar refractivity (Wildman–Crippen MR) is 123 cm³/mol. The molecule has 0 bridgehead atoms. The number of nitrogens with zero attached hydrogens (tertiary/aromatic N) is 4. The topological polar surface area (TPSA) is 171 Å². The fourth-order valence-corrected chi connectivity index (χ4v) is 4.73. The molecule has 0 spiro atoms. The summed E-state index contributed by atoms with van der Waals surface area (Å²) in [5.41, 5.74) is 1.55. The molecule has 0 aliphatic rings. The molecule has 0 saturated carbocycles. The molecule has 2 aromatic heterocycles. The van der Waals surface area contributed by atoms with Gasteiger partial charge in [0.15, 0.2) is 17.0 Å². The Morgan fingerprint density at radius 2 is 1.88 bits per heavy atom. The Morgan fingerprint density at radius 3 is 2.53 bits per heavy atom. The van der Waals surface area contributed by atoms with Crippen LogP contribution in [0.1, 0.15) is 11.1 Å². The summed E-state index contributed by atoms with van der Waals surface area (Å²) in [7, 11) is -7.33. The molecule has 0 aliphatic carbocycles. The maximum absolute atomic E-state index is 14.2. The van der Waals surface area contributed by atoms with E-state index in [9.17, 15) is 33.5 Å². The molecule has 0 amide bonds. The maximum atomic E-state index is 14.2. The number of fused-ring (bicyclic) bond motifs is 1. The summed E-state index contributed by atoms with van der Waals surface area (Å²) >= 11 is 0.